The maximum Gasteiger partial charge on any atom is 0.254 e. The van der Waals surface area contributed by atoms with E-state index in [0.717, 1.165) is 36.4 Å². The zero-order valence-corrected chi connectivity index (χ0v) is 14.7. The molecule has 1 fully saturated rings. The molecule has 2 aromatic carbocycles. The summed E-state index contributed by atoms with van der Waals surface area (Å²) < 4.78 is 0. The molecule has 0 radical (unpaired) electrons. The van der Waals surface area contributed by atoms with Crippen molar-refractivity contribution in [3.8, 4) is 0 Å². The second-order valence-corrected chi connectivity index (χ2v) is 7.55. The van der Waals surface area contributed by atoms with Crippen molar-refractivity contribution < 1.29 is 9.59 Å². The molecule has 0 bridgehead atoms. The summed E-state index contributed by atoms with van der Waals surface area (Å²) in [5.41, 5.74) is 2.67. The first-order chi connectivity index (χ1) is 12.2. The summed E-state index contributed by atoms with van der Waals surface area (Å²) in [6.45, 7) is 0.800. The van der Waals surface area contributed by atoms with Crippen molar-refractivity contribution in [3.05, 3.63) is 59.7 Å². The summed E-state index contributed by atoms with van der Waals surface area (Å²) in [5.74, 6) is 0.488. The molecule has 4 nitrogen and oxygen atoms in total. The third-order valence-electron chi connectivity index (χ3n) is 4.81. The lowest BCUT2D eigenvalue weighted by Gasteiger charge is -2.26. The van der Waals surface area contributed by atoms with Gasteiger partial charge >= 0.3 is 0 Å². The van der Waals surface area contributed by atoms with Crippen LogP contribution in [0.3, 0.4) is 0 Å². The Morgan fingerprint density at radius 2 is 2.04 bits per heavy atom. The van der Waals surface area contributed by atoms with Crippen LogP contribution in [-0.2, 0) is 11.2 Å². The summed E-state index contributed by atoms with van der Waals surface area (Å²) >= 11 is 1.51. The van der Waals surface area contributed by atoms with Gasteiger partial charge < -0.3 is 10.2 Å². The van der Waals surface area contributed by atoms with Gasteiger partial charge in [0.05, 0.1) is 11.4 Å². The van der Waals surface area contributed by atoms with Crippen LogP contribution in [0.25, 0.3) is 0 Å². The van der Waals surface area contributed by atoms with Gasteiger partial charge in [-0.25, -0.2) is 0 Å². The Labute approximate surface area is 151 Å². The number of nitrogens with one attached hydrogen (secondary N) is 1. The number of hydrogen-bond acceptors (Lipinski definition) is 3. The van der Waals surface area contributed by atoms with Crippen LogP contribution in [0.15, 0.2) is 53.4 Å². The van der Waals surface area contributed by atoms with E-state index in [1.807, 2.05) is 41.3 Å². The molecule has 2 heterocycles. The predicted octanol–water partition coefficient (Wildman–Crippen LogP) is 3.58. The van der Waals surface area contributed by atoms with E-state index in [4.69, 9.17) is 0 Å². The van der Waals surface area contributed by atoms with Gasteiger partial charge in [-0.15, -0.1) is 11.8 Å². The number of thioether (sulfide) groups is 1. The Kier molecular flexibility index (Phi) is 4.49. The molecule has 5 heteroatoms. The van der Waals surface area contributed by atoms with Crippen molar-refractivity contribution in [1.29, 1.82) is 0 Å². The molecular formula is C20H20N2O2S. The standard InChI is InChI=1S/C20H20N2O2S/c23-19-13-25-18-9-8-15(12-17(18)21-19)20(24)22-10-4-7-16(22)11-14-5-2-1-3-6-14/h1-3,5-6,8-9,12,16H,4,7,10-11,13H2,(H,21,23). The van der Waals surface area contributed by atoms with Crippen LogP contribution in [0, 0.1) is 0 Å². The molecule has 2 amide bonds. The van der Waals surface area contributed by atoms with E-state index in [0.29, 0.717) is 11.3 Å². The first kappa shape index (κ1) is 16.2. The third-order valence-corrected chi connectivity index (χ3v) is 5.89. The first-order valence-corrected chi connectivity index (χ1v) is 9.61. The molecule has 2 aliphatic heterocycles. The minimum Gasteiger partial charge on any atom is -0.335 e. The summed E-state index contributed by atoms with van der Waals surface area (Å²) in [7, 11) is 0. The predicted molar refractivity (Wildman–Crippen MR) is 100 cm³/mol. The largest absolute Gasteiger partial charge is 0.335 e. The Bertz CT molecular complexity index is 807. The Morgan fingerprint density at radius 3 is 2.88 bits per heavy atom. The number of anilines is 1. The molecule has 4 rings (SSSR count). The molecule has 1 atom stereocenters. The second-order valence-electron chi connectivity index (χ2n) is 6.53. The van der Waals surface area contributed by atoms with E-state index in [9.17, 15) is 9.59 Å². The lowest BCUT2D eigenvalue weighted by Crippen LogP contribution is -2.37. The smallest absolute Gasteiger partial charge is 0.254 e. The highest BCUT2D eigenvalue weighted by Gasteiger charge is 2.30. The summed E-state index contributed by atoms with van der Waals surface area (Å²) in [6, 6.07) is 16.2. The van der Waals surface area contributed by atoms with Gasteiger partial charge in [-0.3, -0.25) is 9.59 Å². The average Bonchev–Trinajstić information content (AvgIpc) is 3.09. The molecule has 0 aliphatic carbocycles. The lowest BCUT2D eigenvalue weighted by molar-refractivity contribution is -0.113. The van der Waals surface area contributed by atoms with Gasteiger partial charge in [-0.2, -0.15) is 0 Å². The number of amides is 2. The Balaban J connectivity index is 1.53. The summed E-state index contributed by atoms with van der Waals surface area (Å²) in [5, 5.41) is 2.87. The molecule has 1 saturated heterocycles. The quantitative estimate of drug-likeness (QED) is 0.919. The molecule has 0 spiro atoms. The minimum atomic E-state index is -0.00905. The SMILES string of the molecule is O=C1CSc2ccc(C(=O)N3CCCC3Cc3ccccc3)cc2N1. The molecular weight excluding hydrogens is 332 g/mol. The number of benzene rings is 2. The van der Waals surface area contributed by atoms with E-state index in [1.54, 1.807) is 0 Å². The van der Waals surface area contributed by atoms with E-state index in [1.165, 1.54) is 17.3 Å². The van der Waals surface area contributed by atoms with Crippen LogP contribution >= 0.6 is 11.8 Å². The van der Waals surface area contributed by atoms with Gasteiger partial charge in [0.15, 0.2) is 0 Å². The van der Waals surface area contributed by atoms with Crippen molar-refractivity contribution in [2.24, 2.45) is 0 Å². The number of nitrogens with zero attached hydrogens (tertiary/aromatic N) is 1. The Hall–Kier alpha value is -2.27. The van der Waals surface area contributed by atoms with Crippen LogP contribution in [0.1, 0.15) is 28.8 Å². The van der Waals surface area contributed by atoms with Crippen LogP contribution in [0.4, 0.5) is 5.69 Å². The average molecular weight is 352 g/mol. The fourth-order valence-corrected chi connectivity index (χ4v) is 4.37. The van der Waals surface area contributed by atoms with Gasteiger partial charge in [0.1, 0.15) is 0 Å². The van der Waals surface area contributed by atoms with Crippen molar-refractivity contribution in [3.63, 3.8) is 0 Å². The lowest BCUT2D eigenvalue weighted by atomic mass is 10.0. The van der Waals surface area contributed by atoms with Crippen molar-refractivity contribution in [2.45, 2.75) is 30.2 Å². The van der Waals surface area contributed by atoms with Crippen LogP contribution in [0.5, 0.6) is 0 Å². The van der Waals surface area contributed by atoms with Gasteiger partial charge in [0.25, 0.3) is 5.91 Å². The molecule has 128 valence electrons. The van der Waals surface area contributed by atoms with E-state index in [-0.39, 0.29) is 17.9 Å². The monoisotopic (exact) mass is 352 g/mol. The van der Waals surface area contributed by atoms with Gasteiger partial charge in [0, 0.05) is 23.0 Å². The zero-order chi connectivity index (χ0) is 17.2. The number of hydrogen-bond donors (Lipinski definition) is 1. The van der Waals surface area contributed by atoms with E-state index in [2.05, 4.69) is 17.4 Å². The molecule has 0 aromatic heterocycles. The third kappa shape index (κ3) is 3.42. The van der Waals surface area contributed by atoms with Crippen LogP contribution in [-0.4, -0.2) is 35.1 Å². The van der Waals surface area contributed by atoms with E-state index < -0.39 is 0 Å². The fourth-order valence-electron chi connectivity index (χ4n) is 3.58. The summed E-state index contributed by atoms with van der Waals surface area (Å²) in [4.78, 5) is 27.6. The highest BCUT2D eigenvalue weighted by atomic mass is 32.2. The second kappa shape index (κ2) is 6.92. The molecule has 0 saturated carbocycles. The molecule has 2 aliphatic rings. The zero-order valence-electron chi connectivity index (χ0n) is 13.9. The first-order valence-electron chi connectivity index (χ1n) is 8.62. The highest BCUT2D eigenvalue weighted by molar-refractivity contribution is 8.00. The van der Waals surface area contributed by atoms with E-state index >= 15 is 0 Å². The number of fused-ring (bicyclic) bond motifs is 1. The highest BCUT2D eigenvalue weighted by Crippen LogP contribution is 2.33. The fraction of sp³-hybridized carbons (Fsp3) is 0.300. The minimum absolute atomic E-state index is 0.00905. The topological polar surface area (TPSA) is 49.4 Å². The van der Waals surface area contributed by atoms with Gasteiger partial charge in [0.2, 0.25) is 5.91 Å². The van der Waals surface area contributed by atoms with Crippen molar-refractivity contribution >= 4 is 29.3 Å². The van der Waals surface area contributed by atoms with Gasteiger partial charge in [-0.1, -0.05) is 30.3 Å². The maximum atomic E-state index is 13.0. The summed E-state index contributed by atoms with van der Waals surface area (Å²) in [6.07, 6.45) is 2.98. The number of carbonyl (C=O) groups is 2. The molecule has 25 heavy (non-hydrogen) atoms. The number of carbonyl (C=O) groups excluding carboxylic acids is 2. The maximum absolute atomic E-state index is 13.0. The normalized spacial score (nSPS) is 19.4. The van der Waals surface area contributed by atoms with Crippen LogP contribution < -0.4 is 5.32 Å². The molecule has 1 N–H and O–H groups in total. The molecule has 2 aromatic rings. The molecule has 1 unspecified atom stereocenters. The van der Waals surface area contributed by atoms with Crippen molar-refractivity contribution in [2.75, 3.05) is 17.6 Å². The number of likely N-dealkylation sites (tertiary alicyclic amines) is 1. The number of rotatable bonds is 3. The van der Waals surface area contributed by atoms with Gasteiger partial charge in [-0.05, 0) is 43.0 Å². The Morgan fingerprint density at radius 1 is 1.20 bits per heavy atom. The van der Waals surface area contributed by atoms with Crippen molar-refractivity contribution in [1.82, 2.24) is 4.90 Å². The van der Waals surface area contributed by atoms with Crippen LogP contribution in [0.2, 0.25) is 0 Å².